The van der Waals surface area contributed by atoms with Crippen LogP contribution in [-0.4, -0.2) is 46.4 Å². The van der Waals surface area contributed by atoms with Gasteiger partial charge >= 0.3 is 0 Å². The van der Waals surface area contributed by atoms with Crippen molar-refractivity contribution >= 4 is 15.7 Å². The van der Waals surface area contributed by atoms with Crippen molar-refractivity contribution in [1.29, 1.82) is 0 Å². The summed E-state index contributed by atoms with van der Waals surface area (Å²) in [6.45, 7) is 4.94. The summed E-state index contributed by atoms with van der Waals surface area (Å²) in [5, 5.41) is 13.9. The lowest BCUT2D eigenvalue weighted by Crippen LogP contribution is -2.39. The predicted molar refractivity (Wildman–Crippen MR) is 96.1 cm³/mol. The van der Waals surface area contributed by atoms with Crippen molar-refractivity contribution in [2.45, 2.75) is 44.4 Å². The highest BCUT2D eigenvalue weighted by molar-refractivity contribution is 7.91. The van der Waals surface area contributed by atoms with E-state index in [1.165, 1.54) is 0 Å². The molecule has 1 aliphatic heterocycles. The zero-order valence-electron chi connectivity index (χ0n) is 14.9. The monoisotopic (exact) mass is 377 g/mol. The first-order valence-electron chi connectivity index (χ1n) is 8.58. The van der Waals surface area contributed by atoms with Crippen LogP contribution in [0.25, 0.3) is 0 Å². The lowest BCUT2D eigenvalue weighted by molar-refractivity contribution is -0.132. The van der Waals surface area contributed by atoms with E-state index in [0.29, 0.717) is 25.3 Å². The Balaban J connectivity index is 1.62. The van der Waals surface area contributed by atoms with Crippen LogP contribution in [0.1, 0.15) is 36.4 Å². The fourth-order valence-electron chi connectivity index (χ4n) is 2.95. The highest BCUT2D eigenvalue weighted by Crippen LogP contribution is 2.19. The summed E-state index contributed by atoms with van der Waals surface area (Å²) in [6.07, 6.45) is -0.704. The van der Waals surface area contributed by atoms with Crippen molar-refractivity contribution < 1.29 is 18.3 Å². The van der Waals surface area contributed by atoms with Crippen LogP contribution >= 0.6 is 0 Å². The van der Waals surface area contributed by atoms with Crippen molar-refractivity contribution in [2.75, 3.05) is 12.3 Å². The molecule has 1 aromatic heterocycles. The maximum absolute atomic E-state index is 12.5. The van der Waals surface area contributed by atoms with Gasteiger partial charge in [0, 0.05) is 13.0 Å². The molecular weight excluding hydrogens is 354 g/mol. The van der Waals surface area contributed by atoms with Crippen molar-refractivity contribution in [3.05, 3.63) is 47.3 Å². The van der Waals surface area contributed by atoms with Gasteiger partial charge in [0.15, 0.2) is 9.84 Å². The summed E-state index contributed by atoms with van der Waals surface area (Å²) in [5.74, 6) is -0.393. The van der Waals surface area contributed by atoms with Crippen molar-refractivity contribution in [1.82, 2.24) is 14.7 Å². The van der Waals surface area contributed by atoms with Gasteiger partial charge in [-0.1, -0.05) is 17.7 Å². The summed E-state index contributed by atoms with van der Waals surface area (Å²) in [6, 6.07) is 8.44. The number of nitrogens with zero attached hydrogens (tertiary/aromatic N) is 3. The van der Waals surface area contributed by atoms with Crippen LogP contribution in [0, 0.1) is 6.92 Å². The van der Waals surface area contributed by atoms with Gasteiger partial charge in [0.25, 0.3) is 0 Å². The van der Waals surface area contributed by atoms with E-state index in [9.17, 15) is 18.3 Å². The fourth-order valence-corrected chi connectivity index (χ4v) is 4.18. The molecule has 0 saturated carbocycles. The van der Waals surface area contributed by atoms with E-state index in [-0.39, 0.29) is 23.0 Å². The van der Waals surface area contributed by atoms with Crippen molar-refractivity contribution in [3.63, 3.8) is 0 Å². The average Bonchev–Trinajstić information content (AvgIpc) is 3.03. The van der Waals surface area contributed by atoms with E-state index in [4.69, 9.17) is 0 Å². The molecule has 1 atom stereocenters. The Morgan fingerprint density at radius 2 is 1.96 bits per heavy atom. The minimum absolute atomic E-state index is 0.0480. The van der Waals surface area contributed by atoms with Gasteiger partial charge in [-0.15, -0.1) is 0 Å². The number of sulfone groups is 1. The number of carbonyl (C=O) groups excluding carboxylic acids is 1. The molecule has 0 fully saturated rings. The molecule has 26 heavy (non-hydrogen) atoms. The molecule has 3 rings (SSSR count). The number of rotatable bonds is 5. The van der Waals surface area contributed by atoms with E-state index >= 15 is 0 Å². The van der Waals surface area contributed by atoms with Crippen LogP contribution in [0.5, 0.6) is 0 Å². The van der Waals surface area contributed by atoms with Crippen molar-refractivity contribution in [2.24, 2.45) is 0 Å². The smallest absolute Gasteiger partial charge is 0.224 e. The Kier molecular flexibility index (Phi) is 5.15. The minimum atomic E-state index is -3.48. The first-order valence-corrected chi connectivity index (χ1v) is 10.2. The van der Waals surface area contributed by atoms with Crippen LogP contribution < -0.4 is 0 Å². The fraction of sp³-hybridized carbons (Fsp3) is 0.444. The third-order valence-corrected chi connectivity index (χ3v) is 6.29. The number of aryl methyl sites for hydroxylation is 1. The third-order valence-electron chi connectivity index (χ3n) is 4.56. The topological polar surface area (TPSA) is 92.5 Å². The lowest BCUT2D eigenvalue weighted by atomic mass is 10.2. The maximum Gasteiger partial charge on any atom is 0.224 e. The zero-order chi connectivity index (χ0) is 18.9. The van der Waals surface area contributed by atoms with E-state index in [0.717, 1.165) is 11.3 Å². The molecule has 140 valence electrons. The van der Waals surface area contributed by atoms with Gasteiger partial charge in [-0.3, -0.25) is 9.48 Å². The molecule has 0 bridgehead atoms. The molecule has 8 heteroatoms. The summed E-state index contributed by atoms with van der Waals surface area (Å²) < 4.78 is 26.6. The molecule has 1 aliphatic rings. The molecule has 1 N–H and O–H groups in total. The molecule has 2 aromatic rings. The van der Waals surface area contributed by atoms with E-state index in [1.807, 2.05) is 6.92 Å². The van der Waals surface area contributed by atoms with Crippen molar-refractivity contribution in [3.8, 4) is 0 Å². The van der Waals surface area contributed by atoms with Crippen LogP contribution in [0.4, 0.5) is 0 Å². The van der Waals surface area contributed by atoms with Gasteiger partial charge in [-0.05, 0) is 32.0 Å². The van der Waals surface area contributed by atoms with Gasteiger partial charge in [-0.25, -0.2) is 8.42 Å². The highest BCUT2D eigenvalue weighted by Gasteiger charge is 2.25. The number of aliphatic hydroxyl groups excluding tert-OH is 1. The molecule has 0 radical (unpaired) electrons. The van der Waals surface area contributed by atoms with Crippen LogP contribution in [-0.2, 0) is 27.7 Å². The molecule has 2 heterocycles. The Morgan fingerprint density at radius 1 is 1.27 bits per heavy atom. The number of amides is 1. The first-order chi connectivity index (χ1) is 12.3. The van der Waals surface area contributed by atoms with Crippen LogP contribution in [0.15, 0.2) is 35.2 Å². The summed E-state index contributed by atoms with van der Waals surface area (Å²) in [5.41, 5.74) is 2.42. The number of hydrogen-bond donors (Lipinski definition) is 1. The zero-order valence-corrected chi connectivity index (χ0v) is 15.7. The van der Waals surface area contributed by atoms with Crippen LogP contribution in [0.2, 0.25) is 0 Å². The Bertz CT molecular complexity index is 901. The van der Waals surface area contributed by atoms with Gasteiger partial charge in [0.2, 0.25) is 5.91 Å². The molecule has 0 saturated heterocycles. The second-order valence-electron chi connectivity index (χ2n) is 6.66. The molecule has 1 aromatic carbocycles. The number of hydrogen-bond acceptors (Lipinski definition) is 5. The normalized spacial score (nSPS) is 15.6. The van der Waals surface area contributed by atoms with Gasteiger partial charge in [0.1, 0.15) is 0 Å². The summed E-state index contributed by atoms with van der Waals surface area (Å²) in [7, 11) is -3.48. The van der Waals surface area contributed by atoms with Gasteiger partial charge in [-0.2, -0.15) is 5.10 Å². The third kappa shape index (κ3) is 3.96. The quantitative estimate of drug-likeness (QED) is 0.851. The predicted octanol–water partition coefficient (Wildman–Crippen LogP) is 1.45. The number of aliphatic hydroxyl groups is 1. The number of aromatic nitrogens is 2. The maximum atomic E-state index is 12.5. The van der Waals surface area contributed by atoms with E-state index in [1.54, 1.807) is 46.8 Å². The minimum Gasteiger partial charge on any atom is -0.387 e. The SMILES string of the molecule is Cc1ccc(S(=O)(=O)CCC(=O)N2CCn3nc([C@@H](C)O)cc3C2)cc1. The molecule has 7 nitrogen and oxygen atoms in total. The Labute approximate surface area is 153 Å². The Morgan fingerprint density at radius 3 is 2.62 bits per heavy atom. The Hall–Kier alpha value is -2.19. The largest absolute Gasteiger partial charge is 0.387 e. The van der Waals surface area contributed by atoms with E-state index in [2.05, 4.69) is 5.10 Å². The first kappa shape index (κ1) is 18.6. The number of fused-ring (bicyclic) bond motifs is 1. The number of benzene rings is 1. The van der Waals surface area contributed by atoms with E-state index < -0.39 is 15.9 Å². The highest BCUT2D eigenvalue weighted by atomic mass is 32.2. The van der Waals surface area contributed by atoms with Crippen LogP contribution in [0.3, 0.4) is 0 Å². The summed E-state index contributed by atoms with van der Waals surface area (Å²) in [4.78, 5) is 14.4. The number of carbonyl (C=O) groups is 1. The standard InChI is InChI=1S/C18H23N3O4S/c1-13-3-5-16(6-4-13)26(24,25)10-7-18(23)20-8-9-21-15(12-20)11-17(19-21)14(2)22/h3-6,11,14,22H,7-10,12H2,1-2H3/t14-/m1/s1. The molecule has 0 spiro atoms. The molecule has 1 amide bonds. The molecule has 0 aliphatic carbocycles. The molecule has 0 unspecified atom stereocenters. The summed E-state index contributed by atoms with van der Waals surface area (Å²) >= 11 is 0. The molecular formula is C18H23N3O4S. The average molecular weight is 377 g/mol. The van der Waals surface area contributed by atoms with Gasteiger partial charge < -0.3 is 10.0 Å². The lowest BCUT2D eigenvalue weighted by Gasteiger charge is -2.27. The second-order valence-corrected chi connectivity index (χ2v) is 8.77. The van der Waals surface area contributed by atoms with Gasteiger partial charge in [0.05, 0.1) is 41.2 Å². The second kappa shape index (κ2) is 7.20.